The van der Waals surface area contributed by atoms with Gasteiger partial charge in [0.2, 0.25) is 0 Å². The highest BCUT2D eigenvalue weighted by Gasteiger charge is 2.32. The third-order valence-corrected chi connectivity index (χ3v) is 3.46. The second-order valence-electron chi connectivity index (χ2n) is 4.97. The normalized spacial score (nSPS) is 22.4. The Morgan fingerprint density at radius 1 is 1.30 bits per heavy atom. The molecule has 0 radical (unpaired) electrons. The highest BCUT2D eigenvalue weighted by atomic mass is 19.1. The lowest BCUT2D eigenvalue weighted by Crippen LogP contribution is -2.33. The topological polar surface area (TPSA) is 67.1 Å². The third-order valence-electron chi connectivity index (χ3n) is 3.46. The molecule has 1 N–H and O–H groups in total. The van der Waals surface area contributed by atoms with Gasteiger partial charge in [0, 0.05) is 12.6 Å². The molecule has 20 heavy (non-hydrogen) atoms. The molecule has 2 aromatic heterocycles. The Balaban J connectivity index is 1.82. The molecule has 1 aliphatic heterocycles. The van der Waals surface area contributed by atoms with Gasteiger partial charge in [0.25, 0.3) is 0 Å². The quantitative estimate of drug-likeness (QED) is 0.902. The Bertz CT molecular complexity index is 585. The van der Waals surface area contributed by atoms with E-state index in [0.717, 1.165) is 5.69 Å². The van der Waals surface area contributed by atoms with Gasteiger partial charge >= 0.3 is 0 Å². The molecule has 106 valence electrons. The van der Waals surface area contributed by atoms with Gasteiger partial charge in [-0.2, -0.15) is 5.10 Å². The highest BCUT2D eigenvalue weighted by Crippen LogP contribution is 2.25. The highest BCUT2D eigenvalue weighted by molar-refractivity contribution is 5.42. The number of nitrogens with zero attached hydrogens (tertiary/aromatic N) is 5. The molecule has 6 nitrogen and oxygen atoms in total. The second-order valence-corrected chi connectivity index (χ2v) is 4.97. The molecule has 2 atom stereocenters. The summed E-state index contributed by atoms with van der Waals surface area (Å²) in [6.07, 6.45) is 1.21. The summed E-state index contributed by atoms with van der Waals surface area (Å²) in [6.45, 7) is 2.07. The van der Waals surface area contributed by atoms with Gasteiger partial charge in [-0.15, -0.1) is 10.2 Å². The Labute approximate surface area is 115 Å². The summed E-state index contributed by atoms with van der Waals surface area (Å²) in [5.41, 5.74) is 0.899. The van der Waals surface area contributed by atoms with Crippen molar-refractivity contribution in [3.8, 4) is 5.82 Å². The van der Waals surface area contributed by atoms with Crippen molar-refractivity contribution in [2.75, 3.05) is 18.1 Å². The lowest BCUT2D eigenvalue weighted by Gasteiger charge is -2.22. The van der Waals surface area contributed by atoms with Crippen LogP contribution in [0.15, 0.2) is 24.4 Å². The van der Waals surface area contributed by atoms with Crippen molar-refractivity contribution in [3.63, 3.8) is 0 Å². The number of alkyl halides is 1. The maximum atomic E-state index is 13.4. The minimum absolute atomic E-state index is 0.0811. The lowest BCUT2D eigenvalue weighted by atomic mass is 10.2. The fraction of sp³-hybridized carbons (Fsp3) is 0.462. The number of anilines is 1. The van der Waals surface area contributed by atoms with E-state index in [1.165, 1.54) is 0 Å². The van der Waals surface area contributed by atoms with E-state index in [-0.39, 0.29) is 19.2 Å². The van der Waals surface area contributed by atoms with Gasteiger partial charge in [0.05, 0.1) is 24.9 Å². The minimum Gasteiger partial charge on any atom is -0.394 e. The summed E-state index contributed by atoms with van der Waals surface area (Å²) in [7, 11) is 0. The first-order valence-corrected chi connectivity index (χ1v) is 6.55. The molecule has 0 unspecified atom stereocenters. The molecular weight excluding hydrogens is 261 g/mol. The molecule has 3 heterocycles. The zero-order chi connectivity index (χ0) is 14.1. The number of halogens is 1. The van der Waals surface area contributed by atoms with Crippen LogP contribution in [-0.4, -0.2) is 50.4 Å². The van der Waals surface area contributed by atoms with Crippen LogP contribution in [0.25, 0.3) is 5.82 Å². The average Bonchev–Trinajstić information content (AvgIpc) is 3.05. The summed E-state index contributed by atoms with van der Waals surface area (Å²) >= 11 is 0. The van der Waals surface area contributed by atoms with Crippen molar-refractivity contribution in [2.45, 2.75) is 25.6 Å². The molecule has 1 aliphatic rings. The van der Waals surface area contributed by atoms with E-state index in [2.05, 4.69) is 15.3 Å². The molecule has 1 fully saturated rings. The summed E-state index contributed by atoms with van der Waals surface area (Å²) in [5.74, 6) is 1.19. The average molecular weight is 277 g/mol. The third kappa shape index (κ3) is 2.36. The first-order chi connectivity index (χ1) is 9.67. The van der Waals surface area contributed by atoms with Crippen molar-refractivity contribution >= 4 is 5.82 Å². The van der Waals surface area contributed by atoms with Gasteiger partial charge in [-0.25, -0.2) is 9.07 Å². The molecule has 0 amide bonds. The number of hydrogen-bond acceptors (Lipinski definition) is 5. The molecule has 0 spiro atoms. The minimum atomic E-state index is -0.928. The van der Waals surface area contributed by atoms with E-state index in [1.54, 1.807) is 21.7 Å². The lowest BCUT2D eigenvalue weighted by molar-refractivity contribution is 0.255. The number of hydrogen-bond donors (Lipinski definition) is 1. The zero-order valence-corrected chi connectivity index (χ0v) is 11.1. The van der Waals surface area contributed by atoms with Crippen LogP contribution >= 0.6 is 0 Å². The molecule has 0 bridgehead atoms. The van der Waals surface area contributed by atoms with Gasteiger partial charge in [-0.3, -0.25) is 0 Å². The zero-order valence-electron chi connectivity index (χ0n) is 11.1. The van der Waals surface area contributed by atoms with Crippen LogP contribution < -0.4 is 4.90 Å². The fourth-order valence-corrected chi connectivity index (χ4v) is 2.45. The van der Waals surface area contributed by atoms with Crippen molar-refractivity contribution < 1.29 is 9.50 Å². The Morgan fingerprint density at radius 3 is 2.65 bits per heavy atom. The monoisotopic (exact) mass is 277 g/mol. The molecule has 0 aliphatic carbocycles. The molecule has 0 saturated carbocycles. The van der Waals surface area contributed by atoms with Crippen molar-refractivity contribution in [1.82, 2.24) is 20.0 Å². The largest absolute Gasteiger partial charge is 0.394 e. The number of aliphatic hydroxyl groups excluding tert-OH is 1. The molecular formula is C13H16FN5O. The second kappa shape index (κ2) is 5.16. The smallest absolute Gasteiger partial charge is 0.175 e. The van der Waals surface area contributed by atoms with E-state index in [9.17, 15) is 9.50 Å². The maximum Gasteiger partial charge on any atom is 0.175 e. The first kappa shape index (κ1) is 13.0. The van der Waals surface area contributed by atoms with Crippen LogP contribution in [0.4, 0.5) is 10.2 Å². The molecule has 1 saturated heterocycles. The van der Waals surface area contributed by atoms with E-state index < -0.39 is 6.17 Å². The SMILES string of the molecule is Cc1ccn(-c2ccc(N3C[C@@H](F)C[C@H]3CO)nn2)n1. The van der Waals surface area contributed by atoms with Crippen molar-refractivity contribution in [2.24, 2.45) is 0 Å². The predicted octanol–water partition coefficient (Wildman–Crippen LogP) is 0.880. The summed E-state index contributed by atoms with van der Waals surface area (Å²) in [5, 5.41) is 21.8. The predicted molar refractivity (Wildman–Crippen MR) is 71.6 cm³/mol. The van der Waals surface area contributed by atoms with Gasteiger partial charge in [0.15, 0.2) is 11.6 Å². The Kier molecular flexibility index (Phi) is 3.35. The van der Waals surface area contributed by atoms with E-state index in [4.69, 9.17) is 0 Å². The standard InChI is InChI=1S/C13H16FN5O/c1-9-4-5-19(17-9)13-3-2-12(15-16-13)18-7-10(14)6-11(18)8-20/h2-5,10-11,20H,6-8H2,1H3/t10-,11-/m0/s1. The summed E-state index contributed by atoms with van der Waals surface area (Å²) < 4.78 is 15.1. The van der Waals surface area contributed by atoms with Gasteiger partial charge in [-0.1, -0.05) is 0 Å². The van der Waals surface area contributed by atoms with Crippen LogP contribution in [0.2, 0.25) is 0 Å². The summed E-state index contributed by atoms with van der Waals surface area (Å²) in [4.78, 5) is 1.76. The van der Waals surface area contributed by atoms with Crippen molar-refractivity contribution in [1.29, 1.82) is 0 Å². The molecule has 2 aromatic rings. The number of aromatic nitrogens is 4. The van der Waals surface area contributed by atoms with Crippen molar-refractivity contribution in [3.05, 3.63) is 30.1 Å². The number of aryl methyl sites for hydroxylation is 1. The Morgan fingerprint density at radius 2 is 2.05 bits per heavy atom. The van der Waals surface area contributed by atoms with E-state index in [1.807, 2.05) is 19.2 Å². The van der Waals surface area contributed by atoms with E-state index in [0.29, 0.717) is 18.1 Å². The Hall–Kier alpha value is -2.02. The molecule has 0 aromatic carbocycles. The first-order valence-electron chi connectivity index (χ1n) is 6.55. The number of aliphatic hydroxyl groups is 1. The van der Waals surface area contributed by atoms with Crippen LogP contribution in [0.5, 0.6) is 0 Å². The van der Waals surface area contributed by atoms with Crippen LogP contribution in [0.3, 0.4) is 0 Å². The maximum absolute atomic E-state index is 13.4. The summed E-state index contributed by atoms with van der Waals surface area (Å²) in [6, 6.07) is 5.22. The van der Waals surface area contributed by atoms with E-state index >= 15 is 0 Å². The van der Waals surface area contributed by atoms with Crippen LogP contribution in [0, 0.1) is 6.92 Å². The van der Waals surface area contributed by atoms with Gasteiger partial charge in [-0.05, 0) is 25.1 Å². The van der Waals surface area contributed by atoms with Gasteiger partial charge in [0.1, 0.15) is 6.17 Å². The molecule has 3 rings (SSSR count). The fourth-order valence-electron chi connectivity index (χ4n) is 2.45. The van der Waals surface area contributed by atoms with Crippen LogP contribution in [-0.2, 0) is 0 Å². The number of rotatable bonds is 3. The van der Waals surface area contributed by atoms with Crippen LogP contribution in [0.1, 0.15) is 12.1 Å². The van der Waals surface area contributed by atoms with Gasteiger partial charge < -0.3 is 10.0 Å². The molecule has 7 heteroatoms.